The summed E-state index contributed by atoms with van der Waals surface area (Å²) in [5.41, 5.74) is -0.0259. The minimum absolute atomic E-state index is 0.0239. The Labute approximate surface area is 186 Å². The van der Waals surface area contributed by atoms with Gasteiger partial charge in [0.15, 0.2) is 11.5 Å². The smallest absolute Gasteiger partial charge is 0.418 e. The van der Waals surface area contributed by atoms with Crippen LogP contribution >= 0.6 is 11.6 Å². The maximum Gasteiger partial charge on any atom is 0.435 e. The Hall–Kier alpha value is -3.20. The van der Waals surface area contributed by atoms with Crippen molar-refractivity contribution in [2.75, 3.05) is 0 Å². The normalized spacial score (nSPS) is 13.2. The van der Waals surface area contributed by atoms with Gasteiger partial charge in [-0.1, -0.05) is 23.7 Å². The van der Waals surface area contributed by atoms with E-state index >= 15 is 0 Å². The molecule has 4 rings (SSSR count). The van der Waals surface area contributed by atoms with Crippen molar-refractivity contribution in [3.8, 4) is 17.4 Å². The van der Waals surface area contributed by atoms with Crippen LogP contribution in [-0.2, 0) is 6.18 Å². The average molecular weight is 462 g/mol. The molecule has 0 saturated heterocycles. The van der Waals surface area contributed by atoms with Gasteiger partial charge >= 0.3 is 6.18 Å². The first kappa shape index (κ1) is 22.0. The van der Waals surface area contributed by atoms with Crippen LogP contribution in [0.3, 0.4) is 0 Å². The molecule has 3 heterocycles. The maximum absolute atomic E-state index is 13.5. The van der Waals surface area contributed by atoms with Crippen LogP contribution in [0.4, 0.5) is 13.2 Å². The summed E-state index contributed by atoms with van der Waals surface area (Å²) >= 11 is 6.21. The summed E-state index contributed by atoms with van der Waals surface area (Å²) in [7, 11) is 0. The van der Waals surface area contributed by atoms with Crippen LogP contribution in [0.15, 0.2) is 52.0 Å². The molecule has 32 heavy (non-hydrogen) atoms. The van der Waals surface area contributed by atoms with Crippen molar-refractivity contribution in [2.45, 2.75) is 39.4 Å². The number of fused-ring (bicyclic) bond motifs is 1. The molecule has 0 aliphatic carbocycles. The lowest BCUT2D eigenvalue weighted by Gasteiger charge is -2.12. The fourth-order valence-electron chi connectivity index (χ4n) is 3.11. The highest BCUT2D eigenvalue weighted by atomic mass is 35.5. The van der Waals surface area contributed by atoms with Gasteiger partial charge in [0.2, 0.25) is 11.4 Å². The second kappa shape index (κ2) is 7.74. The number of nitrogens with zero attached hydrogens (tertiary/aromatic N) is 5. The van der Waals surface area contributed by atoms with Gasteiger partial charge in [0.1, 0.15) is 5.69 Å². The van der Waals surface area contributed by atoms with Crippen molar-refractivity contribution in [3.63, 3.8) is 0 Å². The number of halogens is 4. The molecule has 1 aromatic carbocycles. The van der Waals surface area contributed by atoms with Gasteiger partial charge < -0.3 is 4.42 Å². The van der Waals surface area contributed by atoms with Crippen LogP contribution in [0.5, 0.6) is 0 Å². The second-order valence-corrected chi connectivity index (χ2v) is 8.62. The number of hydrogen-bond acceptors (Lipinski definition) is 5. The van der Waals surface area contributed by atoms with Gasteiger partial charge in [0.25, 0.3) is 0 Å². The Balaban J connectivity index is 2.09. The fourth-order valence-corrected chi connectivity index (χ4v) is 3.32. The Morgan fingerprint density at radius 1 is 1.09 bits per heavy atom. The molecule has 0 N–H and O–H groups in total. The van der Waals surface area contributed by atoms with Crippen molar-refractivity contribution in [1.82, 2.24) is 19.7 Å². The predicted molar refractivity (Wildman–Crippen MR) is 114 cm³/mol. The first-order chi connectivity index (χ1) is 14.9. The molecule has 10 heteroatoms. The molecule has 0 radical (unpaired) electrons. The van der Waals surface area contributed by atoms with Crippen molar-refractivity contribution in [3.05, 3.63) is 64.4 Å². The number of pyridine rings is 1. The minimum atomic E-state index is -4.69. The number of aromatic nitrogens is 4. The van der Waals surface area contributed by atoms with E-state index in [9.17, 15) is 13.2 Å². The van der Waals surface area contributed by atoms with E-state index in [-0.39, 0.29) is 28.0 Å². The number of benzene rings is 1. The van der Waals surface area contributed by atoms with E-state index in [0.717, 1.165) is 16.3 Å². The highest BCUT2D eigenvalue weighted by Crippen LogP contribution is 2.33. The summed E-state index contributed by atoms with van der Waals surface area (Å²) in [6, 6.07) is 9.45. The Bertz CT molecular complexity index is 1380. The van der Waals surface area contributed by atoms with Crippen LogP contribution in [0.1, 0.15) is 32.0 Å². The SMILES string of the molecule is Cc1cccc2c(=NC(C)(C)C)oc(-c3cc(C(F)(F)F)nn3-c3ncccc3Cl)nc12. The molecular weight excluding hydrogens is 443 g/mol. The molecule has 0 bridgehead atoms. The third-order valence-electron chi connectivity index (χ3n) is 4.47. The summed E-state index contributed by atoms with van der Waals surface area (Å²) in [6.45, 7) is 7.53. The first-order valence-electron chi connectivity index (χ1n) is 9.69. The van der Waals surface area contributed by atoms with Crippen LogP contribution < -0.4 is 5.55 Å². The van der Waals surface area contributed by atoms with Crippen molar-refractivity contribution < 1.29 is 17.6 Å². The summed E-state index contributed by atoms with van der Waals surface area (Å²) in [5, 5.41) is 4.49. The molecule has 0 aliphatic heterocycles. The zero-order chi connectivity index (χ0) is 23.3. The summed E-state index contributed by atoms with van der Waals surface area (Å²) < 4.78 is 47.5. The molecule has 0 saturated carbocycles. The molecule has 0 amide bonds. The molecule has 3 aromatic heterocycles. The van der Waals surface area contributed by atoms with Crippen LogP contribution in [0.2, 0.25) is 5.02 Å². The molecule has 0 spiro atoms. The van der Waals surface area contributed by atoms with E-state index in [0.29, 0.717) is 10.9 Å². The lowest BCUT2D eigenvalue weighted by atomic mass is 10.1. The summed E-state index contributed by atoms with van der Waals surface area (Å²) in [6.07, 6.45) is -3.28. The van der Waals surface area contributed by atoms with E-state index in [1.807, 2.05) is 39.8 Å². The van der Waals surface area contributed by atoms with Crippen molar-refractivity contribution in [1.29, 1.82) is 0 Å². The minimum Gasteiger partial charge on any atom is -0.418 e. The van der Waals surface area contributed by atoms with Crippen LogP contribution in [0.25, 0.3) is 28.3 Å². The van der Waals surface area contributed by atoms with Crippen molar-refractivity contribution in [2.24, 2.45) is 4.99 Å². The van der Waals surface area contributed by atoms with E-state index in [4.69, 9.17) is 16.0 Å². The Morgan fingerprint density at radius 3 is 2.50 bits per heavy atom. The molecule has 4 aromatic rings. The quantitative estimate of drug-likeness (QED) is 0.381. The standard InChI is InChI=1S/C22H19ClF3N5O/c1-12-7-5-8-13-17(12)28-20(32-19(13)29-21(2,3)4)15-11-16(22(24,25)26)30-31(15)18-14(23)9-6-10-27-18/h5-11H,1-4H3. The molecule has 6 nitrogen and oxygen atoms in total. The zero-order valence-electron chi connectivity index (χ0n) is 17.7. The van der Waals surface area contributed by atoms with Gasteiger partial charge in [-0.2, -0.15) is 18.3 Å². The largest absolute Gasteiger partial charge is 0.435 e. The van der Waals surface area contributed by atoms with E-state index in [2.05, 4.69) is 20.1 Å². The van der Waals surface area contributed by atoms with Gasteiger partial charge in [-0.05, 0) is 51.5 Å². The highest BCUT2D eigenvalue weighted by molar-refractivity contribution is 6.32. The van der Waals surface area contributed by atoms with Gasteiger partial charge in [-0.25, -0.2) is 19.6 Å². The average Bonchev–Trinajstić information content (AvgIpc) is 3.13. The van der Waals surface area contributed by atoms with E-state index in [1.165, 1.54) is 12.3 Å². The van der Waals surface area contributed by atoms with Crippen LogP contribution in [-0.4, -0.2) is 25.3 Å². The molecular formula is C22H19ClF3N5O. The second-order valence-electron chi connectivity index (χ2n) is 8.21. The number of aryl methyl sites for hydroxylation is 1. The number of rotatable bonds is 2. The zero-order valence-corrected chi connectivity index (χ0v) is 18.5. The number of hydrogen-bond donors (Lipinski definition) is 0. The Morgan fingerprint density at radius 2 is 1.84 bits per heavy atom. The summed E-state index contributed by atoms with van der Waals surface area (Å²) in [5.74, 6) is -0.0598. The van der Waals surface area contributed by atoms with E-state index in [1.54, 1.807) is 12.1 Å². The fraction of sp³-hybridized carbons (Fsp3) is 0.273. The molecule has 0 aliphatic rings. The van der Waals surface area contributed by atoms with Gasteiger partial charge in [0.05, 0.1) is 21.5 Å². The lowest BCUT2D eigenvalue weighted by Crippen LogP contribution is -2.18. The Kier molecular flexibility index (Phi) is 5.32. The first-order valence-corrected chi connectivity index (χ1v) is 10.1. The van der Waals surface area contributed by atoms with Gasteiger partial charge in [-0.3, -0.25) is 0 Å². The third kappa shape index (κ3) is 4.25. The predicted octanol–water partition coefficient (Wildman–Crippen LogP) is 5.76. The molecule has 0 atom stereocenters. The monoisotopic (exact) mass is 461 g/mol. The maximum atomic E-state index is 13.5. The van der Waals surface area contributed by atoms with Crippen molar-refractivity contribution >= 4 is 22.5 Å². The third-order valence-corrected chi connectivity index (χ3v) is 4.77. The van der Waals surface area contributed by atoms with E-state index < -0.39 is 17.4 Å². The number of alkyl halides is 3. The number of para-hydroxylation sites is 1. The molecule has 166 valence electrons. The topological polar surface area (TPSA) is 69.1 Å². The summed E-state index contributed by atoms with van der Waals surface area (Å²) in [4.78, 5) is 13.2. The van der Waals surface area contributed by atoms with Gasteiger partial charge in [0, 0.05) is 12.3 Å². The highest BCUT2D eigenvalue weighted by Gasteiger charge is 2.36. The molecule has 0 unspecified atom stereocenters. The lowest BCUT2D eigenvalue weighted by molar-refractivity contribution is -0.141. The molecule has 0 fully saturated rings. The van der Waals surface area contributed by atoms with Gasteiger partial charge in [-0.15, -0.1) is 0 Å². The van der Waals surface area contributed by atoms with Crippen LogP contribution in [0, 0.1) is 6.92 Å².